The van der Waals surface area contributed by atoms with Crippen LogP contribution in [0.15, 0.2) is 36.0 Å². The van der Waals surface area contributed by atoms with E-state index in [0.29, 0.717) is 11.1 Å². The van der Waals surface area contributed by atoms with Gasteiger partial charge in [0.1, 0.15) is 6.61 Å². The molecule has 2 aliphatic carbocycles. The Morgan fingerprint density at radius 3 is 2.46 bits per heavy atom. The molecule has 144 valence electrons. The molecule has 0 saturated heterocycles. The first kappa shape index (κ1) is 21.0. The van der Waals surface area contributed by atoms with E-state index in [2.05, 4.69) is 42.7 Å². The van der Waals surface area contributed by atoms with Gasteiger partial charge in [0, 0.05) is 26.2 Å². The molecule has 2 aliphatic rings. The van der Waals surface area contributed by atoms with Gasteiger partial charge in [-0.1, -0.05) is 36.6 Å². The molecule has 0 amide bonds. The van der Waals surface area contributed by atoms with Gasteiger partial charge in [-0.15, -0.1) is 0 Å². The lowest BCUT2D eigenvalue weighted by atomic mass is 9.64. The summed E-state index contributed by atoms with van der Waals surface area (Å²) >= 11 is 0. The molecule has 6 heteroatoms. The summed E-state index contributed by atoms with van der Waals surface area (Å²) in [6, 6.07) is 4.27. The maximum Gasteiger partial charge on any atom is 0.303 e. The molecule has 0 aliphatic heterocycles. The molecule has 0 fully saturated rings. The number of hydrogen-bond donors (Lipinski definition) is 0. The summed E-state index contributed by atoms with van der Waals surface area (Å²) in [4.78, 5) is 22.0. The first-order valence-corrected chi connectivity index (χ1v) is 8.96. The molecule has 2 rings (SSSR count). The molecule has 0 spiro atoms. The van der Waals surface area contributed by atoms with Crippen LogP contribution in [0.25, 0.3) is 0 Å². The summed E-state index contributed by atoms with van der Waals surface area (Å²) < 4.78 is 9.86. The van der Waals surface area contributed by atoms with Crippen molar-refractivity contribution >= 4 is 11.9 Å². The minimum Gasteiger partial charge on any atom is -0.461 e. The third-order valence-electron chi connectivity index (χ3n) is 4.91. The SMILES string of the molecule is C=C(COC(C)=O)[C@@H]1C(C(C#N)(C#N)CC#CCOC(C)=O)=C[C@H]2C=C[C@@H]1C2. The zero-order valence-electron chi connectivity index (χ0n) is 16.0. The van der Waals surface area contributed by atoms with Crippen molar-refractivity contribution in [2.75, 3.05) is 13.2 Å². The molecule has 0 unspecified atom stereocenters. The van der Waals surface area contributed by atoms with Crippen LogP contribution in [0.4, 0.5) is 0 Å². The number of carbonyl (C=O) groups is 2. The van der Waals surface area contributed by atoms with Gasteiger partial charge in [0.25, 0.3) is 0 Å². The van der Waals surface area contributed by atoms with Crippen LogP contribution in [0, 0.1) is 57.7 Å². The Morgan fingerprint density at radius 2 is 1.86 bits per heavy atom. The van der Waals surface area contributed by atoms with E-state index >= 15 is 0 Å². The number of ether oxygens (including phenoxy) is 2. The summed E-state index contributed by atoms with van der Waals surface area (Å²) in [7, 11) is 0. The van der Waals surface area contributed by atoms with Crippen LogP contribution in [0.1, 0.15) is 26.7 Å². The lowest BCUT2D eigenvalue weighted by molar-refractivity contribution is -0.140. The Hall–Kier alpha value is -3.30. The maximum absolute atomic E-state index is 11.2. The molecule has 0 aromatic rings. The second-order valence-electron chi connectivity index (χ2n) is 6.93. The topological polar surface area (TPSA) is 100 Å². The summed E-state index contributed by atoms with van der Waals surface area (Å²) in [5.41, 5.74) is -0.141. The van der Waals surface area contributed by atoms with E-state index < -0.39 is 17.4 Å². The van der Waals surface area contributed by atoms with Crippen LogP contribution >= 0.6 is 0 Å². The van der Waals surface area contributed by atoms with Gasteiger partial charge in [-0.3, -0.25) is 9.59 Å². The van der Waals surface area contributed by atoms with Crippen molar-refractivity contribution in [3.8, 4) is 24.0 Å². The van der Waals surface area contributed by atoms with Gasteiger partial charge >= 0.3 is 11.9 Å². The number of hydrogen-bond acceptors (Lipinski definition) is 6. The van der Waals surface area contributed by atoms with E-state index in [9.17, 15) is 20.1 Å². The van der Waals surface area contributed by atoms with Gasteiger partial charge in [-0.05, 0) is 29.4 Å². The van der Waals surface area contributed by atoms with E-state index in [1.807, 2.05) is 6.08 Å². The fourth-order valence-electron chi connectivity index (χ4n) is 3.63. The van der Waals surface area contributed by atoms with Crippen molar-refractivity contribution in [2.45, 2.75) is 26.7 Å². The lowest BCUT2D eigenvalue weighted by Crippen LogP contribution is -2.33. The van der Waals surface area contributed by atoms with Crippen LogP contribution < -0.4 is 0 Å². The summed E-state index contributed by atoms with van der Waals surface area (Å²) in [5.74, 6) is 4.59. The third-order valence-corrected chi connectivity index (χ3v) is 4.91. The first-order valence-electron chi connectivity index (χ1n) is 8.96. The van der Waals surface area contributed by atoms with E-state index in [4.69, 9.17) is 9.47 Å². The van der Waals surface area contributed by atoms with Crippen LogP contribution in [0.3, 0.4) is 0 Å². The van der Waals surface area contributed by atoms with Crippen molar-refractivity contribution < 1.29 is 19.1 Å². The van der Waals surface area contributed by atoms with Gasteiger partial charge in [-0.2, -0.15) is 10.5 Å². The highest BCUT2D eigenvalue weighted by Crippen LogP contribution is 2.50. The van der Waals surface area contributed by atoms with Crippen LogP contribution in [0.2, 0.25) is 0 Å². The van der Waals surface area contributed by atoms with Crippen LogP contribution in [-0.2, 0) is 19.1 Å². The average molecular weight is 378 g/mol. The molecule has 0 saturated carbocycles. The Balaban J connectivity index is 2.30. The molecule has 0 N–H and O–H groups in total. The second kappa shape index (κ2) is 9.07. The minimum absolute atomic E-state index is 0.0100. The molecule has 0 radical (unpaired) electrons. The highest BCUT2D eigenvalue weighted by Gasteiger charge is 2.45. The zero-order valence-corrected chi connectivity index (χ0v) is 16.0. The third kappa shape index (κ3) is 4.70. The van der Waals surface area contributed by atoms with Gasteiger partial charge in [0.05, 0.1) is 12.1 Å². The van der Waals surface area contributed by atoms with E-state index in [-0.39, 0.29) is 37.4 Å². The first-order chi connectivity index (χ1) is 13.3. The molecule has 0 aromatic heterocycles. The normalized spacial score (nSPS) is 22.0. The maximum atomic E-state index is 11.2. The highest BCUT2D eigenvalue weighted by molar-refractivity contribution is 5.66. The number of allylic oxidation sites excluding steroid dienone is 4. The Labute approximate surface area is 165 Å². The van der Waals surface area contributed by atoms with E-state index in [1.54, 1.807) is 0 Å². The second-order valence-corrected chi connectivity index (χ2v) is 6.93. The fraction of sp³-hybridized carbons (Fsp3) is 0.455. The molecule has 0 aromatic carbocycles. The van der Waals surface area contributed by atoms with Crippen molar-refractivity contribution in [3.05, 3.63) is 36.0 Å². The van der Waals surface area contributed by atoms with Crippen molar-refractivity contribution in [2.24, 2.45) is 23.2 Å². The Kier molecular flexibility index (Phi) is 6.80. The number of rotatable bonds is 6. The zero-order chi connectivity index (χ0) is 20.7. The van der Waals surface area contributed by atoms with Gasteiger partial charge in [0.2, 0.25) is 0 Å². The number of esters is 2. The molecule has 0 heterocycles. The average Bonchev–Trinajstić information content (AvgIpc) is 3.03. The van der Waals surface area contributed by atoms with Crippen LogP contribution in [0.5, 0.6) is 0 Å². The van der Waals surface area contributed by atoms with Crippen molar-refractivity contribution in [1.29, 1.82) is 10.5 Å². The summed E-state index contributed by atoms with van der Waals surface area (Å²) in [6.07, 6.45) is 6.95. The standard InChI is InChI=1S/C22H22N2O4/c1-15(12-28-17(3)26)21-19-7-6-18(10-19)11-20(21)22(13-23,14-24)8-4-5-9-27-16(2)25/h6-7,11,18-19,21H,1,8-10,12H2,2-3H3/t18-,19+,21-/m0/s1. The highest BCUT2D eigenvalue weighted by atomic mass is 16.5. The largest absolute Gasteiger partial charge is 0.461 e. The van der Waals surface area contributed by atoms with Gasteiger partial charge < -0.3 is 9.47 Å². The number of nitriles is 2. The molecule has 2 bridgehead atoms. The summed E-state index contributed by atoms with van der Waals surface area (Å²) in [6.45, 7) is 6.62. The lowest BCUT2D eigenvalue weighted by Gasteiger charge is -2.36. The predicted molar refractivity (Wildman–Crippen MR) is 101 cm³/mol. The quantitative estimate of drug-likeness (QED) is 0.400. The van der Waals surface area contributed by atoms with Crippen molar-refractivity contribution in [3.63, 3.8) is 0 Å². The van der Waals surface area contributed by atoms with E-state index in [1.165, 1.54) is 13.8 Å². The predicted octanol–water partition coefficient (Wildman–Crippen LogP) is 2.84. The molecule has 6 nitrogen and oxygen atoms in total. The van der Waals surface area contributed by atoms with Crippen LogP contribution in [-0.4, -0.2) is 25.2 Å². The smallest absolute Gasteiger partial charge is 0.303 e. The molecule has 28 heavy (non-hydrogen) atoms. The number of carbonyl (C=O) groups excluding carboxylic acids is 2. The van der Waals surface area contributed by atoms with Crippen molar-refractivity contribution in [1.82, 2.24) is 0 Å². The Morgan fingerprint density at radius 1 is 1.18 bits per heavy atom. The molecular formula is C22H22N2O4. The number of fused-ring (bicyclic) bond motifs is 2. The monoisotopic (exact) mass is 378 g/mol. The number of nitrogens with zero attached hydrogens (tertiary/aromatic N) is 2. The van der Waals surface area contributed by atoms with Gasteiger partial charge in [0.15, 0.2) is 12.0 Å². The molecule has 3 atom stereocenters. The fourth-order valence-corrected chi connectivity index (χ4v) is 3.63. The van der Waals surface area contributed by atoms with E-state index in [0.717, 1.165) is 6.42 Å². The Bertz CT molecular complexity index is 859. The minimum atomic E-state index is -1.45. The molecular weight excluding hydrogens is 356 g/mol. The van der Waals surface area contributed by atoms with Gasteiger partial charge in [-0.25, -0.2) is 0 Å². The summed E-state index contributed by atoms with van der Waals surface area (Å²) in [5, 5.41) is 19.8.